The molecule has 2 aromatic rings. The van der Waals surface area contributed by atoms with Crippen molar-refractivity contribution in [3.8, 4) is 10.8 Å². The lowest BCUT2D eigenvalue weighted by Crippen LogP contribution is -2.42. The van der Waals surface area contributed by atoms with Crippen molar-refractivity contribution in [3.63, 3.8) is 0 Å². The van der Waals surface area contributed by atoms with Crippen molar-refractivity contribution in [3.05, 3.63) is 23.4 Å². The van der Waals surface area contributed by atoms with Crippen LogP contribution < -0.4 is 5.32 Å². The maximum absolute atomic E-state index is 5.73. The van der Waals surface area contributed by atoms with E-state index in [0.717, 1.165) is 9.99 Å². The molecule has 0 saturated heterocycles. The zero-order valence-electron chi connectivity index (χ0n) is 12.3. The number of hydrogen-bond donors (Lipinski definition) is 1. The number of rotatable bonds is 7. The molecule has 0 unspecified atom stereocenters. The Labute approximate surface area is 138 Å². The number of hydrogen-bond acceptors (Lipinski definition) is 6. The summed E-state index contributed by atoms with van der Waals surface area (Å²) in [4.78, 5) is 2.98. The summed E-state index contributed by atoms with van der Waals surface area (Å²) in [6.45, 7) is 1.77. The van der Waals surface area contributed by atoms with Crippen molar-refractivity contribution in [1.29, 1.82) is 0 Å². The number of aromatic nitrogens is 2. The van der Waals surface area contributed by atoms with E-state index in [1.54, 1.807) is 18.4 Å². The van der Waals surface area contributed by atoms with Gasteiger partial charge in [-0.25, -0.2) is 0 Å². The normalized spacial score (nSPS) is 14.0. The molecule has 0 aliphatic heterocycles. The second kappa shape index (κ2) is 7.17. The van der Waals surface area contributed by atoms with Crippen LogP contribution in [0.2, 0.25) is 0 Å². The molecule has 2 heterocycles. The maximum Gasteiger partial charge on any atom is 0.257 e. The third kappa shape index (κ3) is 4.02. The minimum absolute atomic E-state index is 0.486. The number of ether oxygens (including phenoxy) is 1. The predicted molar refractivity (Wildman–Crippen MR) is 88.7 cm³/mol. The van der Waals surface area contributed by atoms with Crippen molar-refractivity contribution >= 4 is 28.7 Å². The second-order valence-corrected chi connectivity index (χ2v) is 6.45. The van der Waals surface area contributed by atoms with E-state index >= 15 is 0 Å². The highest BCUT2D eigenvalue weighted by Gasteiger charge is 2.24. The summed E-state index contributed by atoms with van der Waals surface area (Å²) >= 11 is 7.04. The zero-order valence-corrected chi connectivity index (χ0v) is 14.0. The Kier molecular flexibility index (Phi) is 5.01. The highest BCUT2D eigenvalue weighted by molar-refractivity contribution is 7.80. The number of thiophene rings is 1. The van der Waals surface area contributed by atoms with Gasteiger partial charge in [0.25, 0.3) is 5.89 Å². The van der Waals surface area contributed by atoms with Crippen molar-refractivity contribution in [2.75, 3.05) is 20.3 Å². The van der Waals surface area contributed by atoms with E-state index in [2.05, 4.69) is 15.5 Å². The summed E-state index contributed by atoms with van der Waals surface area (Å²) < 4.78 is 10.9. The van der Waals surface area contributed by atoms with E-state index in [1.807, 2.05) is 22.4 Å². The van der Waals surface area contributed by atoms with E-state index in [9.17, 15) is 0 Å². The van der Waals surface area contributed by atoms with Crippen LogP contribution in [0.25, 0.3) is 10.8 Å². The summed E-state index contributed by atoms with van der Waals surface area (Å²) in [5, 5.41) is 14.2. The van der Waals surface area contributed by atoms with Crippen LogP contribution in [0.5, 0.6) is 0 Å². The van der Waals surface area contributed by atoms with Crippen molar-refractivity contribution in [1.82, 2.24) is 20.4 Å². The molecule has 1 fully saturated rings. The zero-order chi connectivity index (χ0) is 15.4. The monoisotopic (exact) mass is 338 g/mol. The van der Waals surface area contributed by atoms with Crippen LogP contribution in [-0.4, -0.2) is 46.5 Å². The molecule has 2 aromatic heterocycles. The van der Waals surface area contributed by atoms with Gasteiger partial charge in [0.1, 0.15) is 0 Å². The molecule has 1 N–H and O–H groups in total. The average molecular weight is 338 g/mol. The number of methoxy groups -OCH3 is 1. The SMILES string of the molecule is COCCN(Cc1nnc(-c2cccs2)o1)C(=S)NC1CC1. The lowest BCUT2D eigenvalue weighted by atomic mass is 10.5. The van der Waals surface area contributed by atoms with Crippen LogP contribution in [0.15, 0.2) is 21.9 Å². The molecular formula is C14H18N4O2S2. The molecule has 1 aliphatic rings. The Morgan fingerprint density at radius 1 is 1.55 bits per heavy atom. The first kappa shape index (κ1) is 15.4. The molecule has 22 heavy (non-hydrogen) atoms. The van der Waals surface area contributed by atoms with Gasteiger partial charge in [0.15, 0.2) is 5.11 Å². The van der Waals surface area contributed by atoms with E-state index in [4.69, 9.17) is 21.4 Å². The summed E-state index contributed by atoms with van der Waals surface area (Å²) in [5.41, 5.74) is 0. The number of nitrogens with one attached hydrogen (secondary N) is 1. The summed E-state index contributed by atoms with van der Waals surface area (Å²) in [6.07, 6.45) is 2.36. The Morgan fingerprint density at radius 3 is 3.09 bits per heavy atom. The summed E-state index contributed by atoms with van der Waals surface area (Å²) in [7, 11) is 1.68. The molecule has 1 saturated carbocycles. The first-order valence-electron chi connectivity index (χ1n) is 7.17. The molecule has 0 atom stereocenters. The minimum Gasteiger partial charge on any atom is -0.418 e. The molecule has 8 heteroatoms. The van der Waals surface area contributed by atoms with Crippen LogP contribution in [0.4, 0.5) is 0 Å². The summed E-state index contributed by atoms with van der Waals surface area (Å²) in [5.74, 6) is 1.11. The molecule has 0 radical (unpaired) electrons. The van der Waals surface area contributed by atoms with Crippen LogP contribution in [-0.2, 0) is 11.3 Å². The van der Waals surface area contributed by atoms with Gasteiger partial charge in [-0.15, -0.1) is 21.5 Å². The van der Waals surface area contributed by atoms with Gasteiger partial charge in [-0.1, -0.05) is 6.07 Å². The fraction of sp³-hybridized carbons (Fsp3) is 0.500. The fourth-order valence-corrected chi connectivity index (χ4v) is 2.89. The van der Waals surface area contributed by atoms with E-state index in [0.29, 0.717) is 37.5 Å². The topological polar surface area (TPSA) is 63.4 Å². The fourth-order valence-electron chi connectivity index (χ4n) is 1.93. The Hall–Kier alpha value is -1.51. The molecular weight excluding hydrogens is 320 g/mol. The third-order valence-electron chi connectivity index (χ3n) is 3.28. The average Bonchev–Trinajstić information content (AvgIpc) is 3.01. The molecule has 1 aliphatic carbocycles. The van der Waals surface area contributed by atoms with Crippen LogP contribution >= 0.6 is 23.6 Å². The highest BCUT2D eigenvalue weighted by Crippen LogP contribution is 2.23. The Morgan fingerprint density at radius 2 is 2.41 bits per heavy atom. The van der Waals surface area contributed by atoms with Gasteiger partial charge in [-0.2, -0.15) is 0 Å². The molecule has 0 amide bonds. The molecule has 0 aromatic carbocycles. The predicted octanol–water partition coefficient (Wildman–Crippen LogP) is 2.28. The molecule has 0 spiro atoms. The standard InChI is InChI=1S/C14H18N4O2S2/c1-19-7-6-18(14(21)15-10-4-5-10)9-12-16-17-13(20-12)11-3-2-8-22-11/h2-3,8,10H,4-7,9H2,1H3,(H,15,21). The van der Waals surface area contributed by atoms with Gasteiger partial charge in [0.2, 0.25) is 5.89 Å². The second-order valence-electron chi connectivity index (χ2n) is 5.12. The molecule has 118 valence electrons. The largest absolute Gasteiger partial charge is 0.418 e. The number of nitrogens with zero attached hydrogens (tertiary/aromatic N) is 3. The van der Waals surface area contributed by atoms with Crippen LogP contribution in [0, 0.1) is 0 Å². The van der Waals surface area contributed by atoms with E-state index in [1.165, 1.54) is 12.8 Å². The van der Waals surface area contributed by atoms with Gasteiger partial charge in [0.05, 0.1) is 18.0 Å². The summed E-state index contributed by atoms with van der Waals surface area (Å²) in [6, 6.07) is 4.44. The molecule has 6 nitrogen and oxygen atoms in total. The van der Waals surface area contributed by atoms with Gasteiger partial charge in [-0.05, 0) is 36.5 Å². The molecule has 0 bridgehead atoms. The first-order valence-corrected chi connectivity index (χ1v) is 8.45. The minimum atomic E-state index is 0.486. The Bertz CT molecular complexity index is 610. The lowest BCUT2D eigenvalue weighted by Gasteiger charge is -2.24. The van der Waals surface area contributed by atoms with E-state index < -0.39 is 0 Å². The van der Waals surface area contributed by atoms with Gasteiger partial charge in [0, 0.05) is 19.7 Å². The quantitative estimate of drug-likeness (QED) is 0.777. The van der Waals surface area contributed by atoms with Crippen molar-refractivity contribution in [2.24, 2.45) is 0 Å². The van der Waals surface area contributed by atoms with Gasteiger partial charge >= 0.3 is 0 Å². The van der Waals surface area contributed by atoms with Gasteiger partial charge < -0.3 is 19.4 Å². The Balaban J connectivity index is 1.65. The smallest absolute Gasteiger partial charge is 0.257 e. The van der Waals surface area contributed by atoms with Crippen LogP contribution in [0.3, 0.4) is 0 Å². The maximum atomic E-state index is 5.73. The van der Waals surface area contributed by atoms with Crippen molar-refractivity contribution < 1.29 is 9.15 Å². The van der Waals surface area contributed by atoms with Crippen molar-refractivity contribution in [2.45, 2.75) is 25.4 Å². The van der Waals surface area contributed by atoms with Crippen LogP contribution in [0.1, 0.15) is 18.7 Å². The third-order valence-corrected chi connectivity index (χ3v) is 4.52. The first-order chi connectivity index (χ1) is 10.8. The van der Waals surface area contributed by atoms with E-state index in [-0.39, 0.29) is 0 Å². The van der Waals surface area contributed by atoms with Gasteiger partial charge in [-0.3, -0.25) is 0 Å². The lowest BCUT2D eigenvalue weighted by molar-refractivity contribution is 0.170. The molecule has 3 rings (SSSR count). The highest BCUT2D eigenvalue weighted by atomic mass is 32.1. The number of thiocarbonyl (C=S) groups is 1.